The van der Waals surface area contributed by atoms with E-state index >= 15 is 0 Å². The molecule has 5 nitrogen and oxygen atoms in total. The second-order valence-electron chi connectivity index (χ2n) is 3.37. The predicted molar refractivity (Wildman–Crippen MR) is 55.2 cm³/mol. The van der Waals surface area contributed by atoms with Crippen LogP contribution in [0.2, 0.25) is 0 Å². The summed E-state index contributed by atoms with van der Waals surface area (Å²) in [7, 11) is 1.63. The minimum atomic E-state index is -0.217. The van der Waals surface area contributed by atoms with Gasteiger partial charge in [-0.05, 0) is 6.92 Å². The number of carbonyl (C=O) groups excluding carboxylic acids is 2. The van der Waals surface area contributed by atoms with E-state index in [2.05, 4.69) is 5.32 Å². The summed E-state index contributed by atoms with van der Waals surface area (Å²) in [5.74, 6) is -0.403. The fraction of sp³-hybridized carbons (Fsp3) is 0.600. The molecule has 0 aliphatic carbocycles. The number of hydrogen-bond donors (Lipinski definition) is 1. The molecule has 0 spiro atoms. The highest BCUT2D eigenvalue weighted by atomic mass is 16.5. The van der Waals surface area contributed by atoms with Gasteiger partial charge >= 0.3 is 0 Å². The number of rotatable bonds is 6. The lowest BCUT2D eigenvalue weighted by molar-refractivity contribution is -0.137. The van der Waals surface area contributed by atoms with Gasteiger partial charge in [0.1, 0.15) is 0 Å². The molecule has 0 saturated carbocycles. The molecule has 1 aliphatic rings. The monoisotopic (exact) mass is 212 g/mol. The van der Waals surface area contributed by atoms with Crippen molar-refractivity contribution in [3.8, 4) is 0 Å². The molecule has 0 aromatic heterocycles. The minimum Gasteiger partial charge on any atom is -0.383 e. The van der Waals surface area contributed by atoms with Crippen LogP contribution < -0.4 is 5.32 Å². The first kappa shape index (κ1) is 11.9. The third kappa shape index (κ3) is 3.14. The molecule has 0 radical (unpaired) electrons. The second kappa shape index (κ2) is 5.63. The highest BCUT2D eigenvalue weighted by molar-refractivity contribution is 6.15. The molecule has 0 aromatic carbocycles. The van der Waals surface area contributed by atoms with Crippen LogP contribution in [0.15, 0.2) is 11.6 Å². The first-order valence-electron chi connectivity index (χ1n) is 4.90. The Morgan fingerprint density at radius 1 is 1.40 bits per heavy atom. The predicted octanol–water partition coefficient (Wildman–Crippen LogP) is -0.463. The van der Waals surface area contributed by atoms with Crippen molar-refractivity contribution in [1.29, 1.82) is 0 Å². The molecule has 1 heterocycles. The lowest BCUT2D eigenvalue weighted by Gasteiger charge is -2.14. The Kier molecular flexibility index (Phi) is 4.45. The standard InChI is InChI=1S/C10H16N2O3/c1-8-7-9(13)12(10(8)14)5-3-11-4-6-15-2/h7,11H,3-6H2,1-2H3. The average molecular weight is 212 g/mol. The normalized spacial score (nSPS) is 16.1. The number of imide groups is 1. The van der Waals surface area contributed by atoms with Gasteiger partial charge in [-0.25, -0.2) is 0 Å². The minimum absolute atomic E-state index is 0.187. The number of methoxy groups -OCH3 is 1. The summed E-state index contributed by atoms with van der Waals surface area (Å²) < 4.78 is 4.85. The molecule has 1 aliphatic heterocycles. The highest BCUT2D eigenvalue weighted by Crippen LogP contribution is 2.10. The van der Waals surface area contributed by atoms with E-state index in [1.54, 1.807) is 14.0 Å². The number of amides is 2. The van der Waals surface area contributed by atoms with Crippen molar-refractivity contribution in [3.05, 3.63) is 11.6 Å². The Morgan fingerprint density at radius 3 is 2.67 bits per heavy atom. The zero-order valence-corrected chi connectivity index (χ0v) is 9.08. The van der Waals surface area contributed by atoms with E-state index in [0.717, 1.165) is 6.54 Å². The molecular formula is C10H16N2O3. The molecule has 1 N–H and O–H groups in total. The van der Waals surface area contributed by atoms with E-state index in [1.807, 2.05) is 0 Å². The van der Waals surface area contributed by atoms with Gasteiger partial charge in [0.15, 0.2) is 0 Å². The van der Waals surface area contributed by atoms with Crippen LogP contribution in [0.4, 0.5) is 0 Å². The molecule has 84 valence electrons. The van der Waals surface area contributed by atoms with Crippen LogP contribution in [0, 0.1) is 0 Å². The van der Waals surface area contributed by atoms with Crippen molar-refractivity contribution < 1.29 is 14.3 Å². The van der Waals surface area contributed by atoms with Crippen molar-refractivity contribution in [3.63, 3.8) is 0 Å². The van der Waals surface area contributed by atoms with E-state index in [1.165, 1.54) is 11.0 Å². The van der Waals surface area contributed by atoms with Gasteiger partial charge in [0.25, 0.3) is 11.8 Å². The fourth-order valence-electron chi connectivity index (χ4n) is 1.34. The topological polar surface area (TPSA) is 58.6 Å². The Bertz CT molecular complexity index is 286. The molecule has 0 fully saturated rings. The van der Waals surface area contributed by atoms with E-state index < -0.39 is 0 Å². The Morgan fingerprint density at radius 2 is 2.13 bits per heavy atom. The van der Waals surface area contributed by atoms with Gasteiger partial charge in [0.05, 0.1) is 6.61 Å². The van der Waals surface area contributed by atoms with Gasteiger partial charge in [-0.2, -0.15) is 0 Å². The third-order valence-corrected chi connectivity index (χ3v) is 2.18. The van der Waals surface area contributed by atoms with Crippen LogP contribution in [0.3, 0.4) is 0 Å². The maximum absolute atomic E-state index is 11.4. The van der Waals surface area contributed by atoms with E-state index in [4.69, 9.17) is 4.74 Å². The molecule has 1 rings (SSSR count). The highest BCUT2D eigenvalue weighted by Gasteiger charge is 2.27. The smallest absolute Gasteiger partial charge is 0.256 e. The van der Waals surface area contributed by atoms with Crippen molar-refractivity contribution in [1.82, 2.24) is 10.2 Å². The number of ether oxygens (including phenoxy) is 1. The second-order valence-corrected chi connectivity index (χ2v) is 3.37. The van der Waals surface area contributed by atoms with E-state index in [0.29, 0.717) is 25.3 Å². The Labute approximate surface area is 89.1 Å². The van der Waals surface area contributed by atoms with Crippen LogP contribution in [0.25, 0.3) is 0 Å². The summed E-state index contributed by atoms with van der Waals surface area (Å²) >= 11 is 0. The lowest BCUT2D eigenvalue weighted by atomic mass is 10.3. The van der Waals surface area contributed by atoms with Crippen molar-refractivity contribution in [2.45, 2.75) is 6.92 Å². The van der Waals surface area contributed by atoms with Crippen molar-refractivity contribution in [2.75, 3.05) is 33.4 Å². The molecule has 15 heavy (non-hydrogen) atoms. The van der Waals surface area contributed by atoms with Crippen molar-refractivity contribution >= 4 is 11.8 Å². The van der Waals surface area contributed by atoms with Crippen LogP contribution in [-0.4, -0.2) is 50.1 Å². The largest absolute Gasteiger partial charge is 0.383 e. The SMILES string of the molecule is COCCNCCN1C(=O)C=C(C)C1=O. The first-order chi connectivity index (χ1) is 7.16. The summed E-state index contributed by atoms with van der Waals surface area (Å²) in [6.07, 6.45) is 1.37. The summed E-state index contributed by atoms with van der Waals surface area (Å²) in [5, 5.41) is 3.07. The van der Waals surface area contributed by atoms with Crippen LogP contribution in [0.1, 0.15) is 6.92 Å². The molecule has 0 saturated heterocycles. The van der Waals surface area contributed by atoms with Gasteiger partial charge < -0.3 is 10.1 Å². The third-order valence-electron chi connectivity index (χ3n) is 2.18. The average Bonchev–Trinajstić information content (AvgIpc) is 2.44. The van der Waals surface area contributed by atoms with Gasteiger partial charge in [-0.15, -0.1) is 0 Å². The molecule has 0 atom stereocenters. The lowest BCUT2D eigenvalue weighted by Crippen LogP contribution is -2.37. The summed E-state index contributed by atoms with van der Waals surface area (Å²) in [5.41, 5.74) is 0.511. The molecule has 0 unspecified atom stereocenters. The maximum atomic E-state index is 11.4. The Hall–Kier alpha value is -1.20. The van der Waals surface area contributed by atoms with Gasteiger partial charge in [0.2, 0.25) is 0 Å². The van der Waals surface area contributed by atoms with E-state index in [9.17, 15) is 9.59 Å². The first-order valence-corrected chi connectivity index (χ1v) is 4.90. The van der Waals surface area contributed by atoms with Crippen LogP contribution in [-0.2, 0) is 14.3 Å². The van der Waals surface area contributed by atoms with Gasteiger partial charge in [-0.1, -0.05) is 0 Å². The van der Waals surface area contributed by atoms with Crippen LogP contribution >= 0.6 is 0 Å². The molecule has 2 amide bonds. The quantitative estimate of drug-likeness (QED) is 0.478. The van der Waals surface area contributed by atoms with Gasteiger partial charge in [-0.3, -0.25) is 14.5 Å². The number of nitrogens with zero attached hydrogens (tertiary/aromatic N) is 1. The van der Waals surface area contributed by atoms with Crippen molar-refractivity contribution in [2.24, 2.45) is 0 Å². The van der Waals surface area contributed by atoms with Crippen LogP contribution in [0.5, 0.6) is 0 Å². The summed E-state index contributed by atoms with van der Waals surface area (Å²) in [4.78, 5) is 24.0. The maximum Gasteiger partial charge on any atom is 0.256 e. The zero-order chi connectivity index (χ0) is 11.3. The number of carbonyl (C=O) groups is 2. The fourth-order valence-corrected chi connectivity index (χ4v) is 1.34. The van der Waals surface area contributed by atoms with E-state index in [-0.39, 0.29) is 11.8 Å². The number of hydrogen-bond acceptors (Lipinski definition) is 4. The summed E-state index contributed by atoms with van der Waals surface area (Å²) in [6, 6.07) is 0. The zero-order valence-electron chi connectivity index (χ0n) is 9.08. The molecule has 0 bridgehead atoms. The summed E-state index contributed by atoms with van der Waals surface area (Å²) in [6.45, 7) is 4.01. The molecule has 5 heteroatoms. The van der Waals surface area contributed by atoms with Gasteiger partial charge in [0, 0.05) is 38.4 Å². The number of nitrogens with one attached hydrogen (secondary N) is 1. The molecular weight excluding hydrogens is 196 g/mol. The Balaban J connectivity index is 2.23. The molecule has 0 aromatic rings.